The monoisotopic (exact) mass is 295 g/mol. The van der Waals surface area contributed by atoms with Crippen LogP contribution in [0.15, 0.2) is 18.2 Å². The van der Waals surface area contributed by atoms with Crippen molar-refractivity contribution in [3.63, 3.8) is 0 Å². The molecule has 0 bridgehead atoms. The number of aromatic hydroxyl groups is 1. The van der Waals surface area contributed by atoms with Gasteiger partial charge in [-0.05, 0) is 51.7 Å². The zero-order valence-corrected chi connectivity index (χ0v) is 13.0. The lowest BCUT2D eigenvalue weighted by Crippen LogP contribution is -2.45. The Labute approximate surface area is 126 Å². The largest absolute Gasteiger partial charge is 0.508 e. The van der Waals surface area contributed by atoms with Gasteiger partial charge in [0.2, 0.25) is 0 Å². The van der Waals surface area contributed by atoms with E-state index >= 15 is 0 Å². The second-order valence-electron chi connectivity index (χ2n) is 5.88. The SMILES string of the molecule is CC(NCCCN1CCN(C)CC1)c1cc(F)ccc1O. The van der Waals surface area contributed by atoms with E-state index in [-0.39, 0.29) is 17.6 Å². The van der Waals surface area contributed by atoms with Crippen LogP contribution in [-0.4, -0.2) is 61.2 Å². The average molecular weight is 295 g/mol. The van der Waals surface area contributed by atoms with Crippen molar-refractivity contribution in [2.24, 2.45) is 0 Å². The maximum Gasteiger partial charge on any atom is 0.123 e. The minimum Gasteiger partial charge on any atom is -0.508 e. The highest BCUT2D eigenvalue weighted by atomic mass is 19.1. The van der Waals surface area contributed by atoms with E-state index in [0.29, 0.717) is 5.56 Å². The maximum atomic E-state index is 13.2. The van der Waals surface area contributed by atoms with Crippen molar-refractivity contribution in [3.05, 3.63) is 29.6 Å². The lowest BCUT2D eigenvalue weighted by atomic mass is 10.1. The van der Waals surface area contributed by atoms with E-state index in [9.17, 15) is 9.50 Å². The van der Waals surface area contributed by atoms with Gasteiger partial charge in [-0.2, -0.15) is 0 Å². The highest BCUT2D eigenvalue weighted by molar-refractivity contribution is 5.34. The molecule has 5 heteroatoms. The highest BCUT2D eigenvalue weighted by Gasteiger charge is 2.14. The van der Waals surface area contributed by atoms with Crippen LogP contribution in [0.3, 0.4) is 0 Å². The van der Waals surface area contributed by atoms with Crippen LogP contribution in [-0.2, 0) is 0 Å². The summed E-state index contributed by atoms with van der Waals surface area (Å²) in [5.74, 6) is -0.163. The van der Waals surface area contributed by atoms with E-state index in [2.05, 4.69) is 22.2 Å². The Balaban J connectivity index is 1.69. The van der Waals surface area contributed by atoms with E-state index < -0.39 is 0 Å². The zero-order chi connectivity index (χ0) is 15.2. The summed E-state index contributed by atoms with van der Waals surface area (Å²) in [6.45, 7) is 8.45. The first-order valence-corrected chi connectivity index (χ1v) is 7.69. The Bertz CT molecular complexity index is 447. The summed E-state index contributed by atoms with van der Waals surface area (Å²) in [6, 6.07) is 4.03. The molecule has 1 atom stereocenters. The Kier molecular flexibility index (Phi) is 5.96. The van der Waals surface area contributed by atoms with Gasteiger partial charge in [0, 0.05) is 37.8 Å². The second kappa shape index (κ2) is 7.73. The summed E-state index contributed by atoms with van der Waals surface area (Å²) in [4.78, 5) is 4.83. The number of phenols is 1. The third kappa shape index (κ3) is 4.95. The van der Waals surface area contributed by atoms with Crippen molar-refractivity contribution >= 4 is 0 Å². The molecule has 0 radical (unpaired) electrons. The number of hydrogen-bond acceptors (Lipinski definition) is 4. The van der Waals surface area contributed by atoms with Crippen LogP contribution < -0.4 is 5.32 Å². The maximum absolute atomic E-state index is 13.2. The van der Waals surface area contributed by atoms with Crippen molar-refractivity contribution in [2.45, 2.75) is 19.4 Å². The molecule has 1 heterocycles. The van der Waals surface area contributed by atoms with Crippen LogP contribution in [0.4, 0.5) is 4.39 Å². The molecule has 2 N–H and O–H groups in total. The number of phenolic OH excluding ortho intramolecular Hbond substituents is 1. The Hall–Kier alpha value is -1.17. The first-order valence-electron chi connectivity index (χ1n) is 7.69. The van der Waals surface area contributed by atoms with Crippen LogP contribution in [0.2, 0.25) is 0 Å². The number of hydrogen-bond donors (Lipinski definition) is 2. The van der Waals surface area contributed by atoms with Crippen molar-refractivity contribution in [3.8, 4) is 5.75 Å². The van der Waals surface area contributed by atoms with Crippen LogP contribution >= 0.6 is 0 Å². The summed E-state index contributed by atoms with van der Waals surface area (Å²) in [5.41, 5.74) is 0.620. The number of benzene rings is 1. The van der Waals surface area contributed by atoms with Gasteiger partial charge in [-0.3, -0.25) is 0 Å². The van der Waals surface area contributed by atoms with E-state index in [0.717, 1.165) is 45.7 Å². The molecule has 1 aliphatic rings. The summed E-state index contributed by atoms with van der Waals surface area (Å²) >= 11 is 0. The van der Waals surface area contributed by atoms with Crippen LogP contribution in [0, 0.1) is 5.82 Å². The van der Waals surface area contributed by atoms with Gasteiger partial charge in [-0.15, -0.1) is 0 Å². The summed E-state index contributed by atoms with van der Waals surface area (Å²) in [7, 11) is 2.16. The van der Waals surface area contributed by atoms with Gasteiger partial charge in [0.15, 0.2) is 0 Å². The Morgan fingerprint density at radius 2 is 2.00 bits per heavy atom. The van der Waals surface area contributed by atoms with Gasteiger partial charge >= 0.3 is 0 Å². The van der Waals surface area contributed by atoms with E-state index in [4.69, 9.17) is 0 Å². The topological polar surface area (TPSA) is 38.7 Å². The Morgan fingerprint density at radius 3 is 2.71 bits per heavy atom. The smallest absolute Gasteiger partial charge is 0.123 e. The number of nitrogens with one attached hydrogen (secondary N) is 1. The molecule has 21 heavy (non-hydrogen) atoms. The molecule has 0 spiro atoms. The normalized spacial score (nSPS) is 18.8. The minimum absolute atomic E-state index is 0.0480. The van der Waals surface area contributed by atoms with E-state index in [1.165, 1.54) is 18.2 Å². The fraction of sp³-hybridized carbons (Fsp3) is 0.625. The van der Waals surface area contributed by atoms with Gasteiger partial charge in [-0.25, -0.2) is 4.39 Å². The predicted molar refractivity (Wildman–Crippen MR) is 83.0 cm³/mol. The molecule has 1 aromatic carbocycles. The Morgan fingerprint density at radius 1 is 1.29 bits per heavy atom. The molecule has 118 valence electrons. The molecule has 0 aromatic heterocycles. The lowest BCUT2D eigenvalue weighted by Gasteiger charge is -2.32. The summed E-state index contributed by atoms with van der Waals surface area (Å²) in [5, 5.41) is 13.1. The third-order valence-corrected chi connectivity index (χ3v) is 4.15. The predicted octanol–water partition coefficient (Wildman–Crippen LogP) is 1.82. The van der Waals surface area contributed by atoms with E-state index in [1.54, 1.807) is 0 Å². The first-order chi connectivity index (χ1) is 10.1. The fourth-order valence-corrected chi connectivity index (χ4v) is 2.67. The molecule has 0 aliphatic carbocycles. The molecule has 0 saturated carbocycles. The third-order valence-electron chi connectivity index (χ3n) is 4.15. The number of likely N-dealkylation sites (N-methyl/N-ethyl adjacent to an activating group) is 1. The summed E-state index contributed by atoms with van der Waals surface area (Å²) < 4.78 is 13.2. The molecule has 1 fully saturated rings. The van der Waals surface area contributed by atoms with Crippen LogP contribution in [0.5, 0.6) is 5.75 Å². The standard InChI is InChI=1S/C16H26FN3O/c1-13(15-12-14(17)4-5-16(15)21)18-6-3-7-20-10-8-19(2)9-11-20/h4-5,12-13,18,21H,3,6-11H2,1-2H3. The van der Waals surface area contributed by atoms with Gasteiger partial charge in [-0.1, -0.05) is 0 Å². The van der Waals surface area contributed by atoms with Gasteiger partial charge in [0.05, 0.1) is 0 Å². The highest BCUT2D eigenvalue weighted by Crippen LogP contribution is 2.24. The van der Waals surface area contributed by atoms with Crippen molar-refractivity contribution in [1.82, 2.24) is 15.1 Å². The number of rotatable bonds is 6. The van der Waals surface area contributed by atoms with Gasteiger partial charge in [0.25, 0.3) is 0 Å². The molecule has 1 saturated heterocycles. The molecule has 0 amide bonds. The zero-order valence-electron chi connectivity index (χ0n) is 13.0. The number of halogens is 1. The first kappa shape index (κ1) is 16.2. The summed E-state index contributed by atoms with van der Waals surface area (Å²) in [6.07, 6.45) is 1.06. The van der Waals surface area contributed by atoms with Crippen LogP contribution in [0.1, 0.15) is 24.9 Å². The van der Waals surface area contributed by atoms with Crippen LogP contribution in [0.25, 0.3) is 0 Å². The molecule has 4 nitrogen and oxygen atoms in total. The van der Waals surface area contributed by atoms with Crippen molar-refractivity contribution in [2.75, 3.05) is 46.3 Å². The van der Waals surface area contributed by atoms with Gasteiger partial charge < -0.3 is 20.2 Å². The van der Waals surface area contributed by atoms with Crippen molar-refractivity contribution in [1.29, 1.82) is 0 Å². The van der Waals surface area contributed by atoms with Gasteiger partial charge in [0.1, 0.15) is 11.6 Å². The number of nitrogens with zero attached hydrogens (tertiary/aromatic N) is 2. The fourth-order valence-electron chi connectivity index (χ4n) is 2.67. The average Bonchev–Trinajstić information content (AvgIpc) is 2.47. The molecule has 2 rings (SSSR count). The van der Waals surface area contributed by atoms with E-state index in [1.807, 2.05) is 6.92 Å². The lowest BCUT2D eigenvalue weighted by molar-refractivity contribution is 0.152. The molecule has 1 unspecified atom stereocenters. The molecular formula is C16H26FN3O. The molecule has 1 aliphatic heterocycles. The molecule has 1 aromatic rings. The molecular weight excluding hydrogens is 269 g/mol. The van der Waals surface area contributed by atoms with Crippen molar-refractivity contribution < 1.29 is 9.50 Å². The quantitative estimate of drug-likeness (QED) is 0.785. The minimum atomic E-state index is -0.311. The number of piperazine rings is 1. The second-order valence-corrected chi connectivity index (χ2v) is 5.88.